The second-order valence-corrected chi connectivity index (χ2v) is 7.64. The molecular weight excluding hydrogens is 382 g/mol. The molecule has 0 spiro atoms. The van der Waals surface area contributed by atoms with Crippen molar-refractivity contribution in [3.8, 4) is 0 Å². The third-order valence-corrected chi connectivity index (χ3v) is 5.73. The van der Waals surface area contributed by atoms with Crippen LogP contribution in [0, 0.1) is 0 Å². The van der Waals surface area contributed by atoms with Crippen molar-refractivity contribution >= 4 is 45.0 Å². The van der Waals surface area contributed by atoms with Gasteiger partial charge in [0, 0.05) is 7.05 Å². The fraction of sp³-hybridized carbons (Fsp3) is 0.133. The molecule has 1 heterocycles. The molecule has 1 aromatic heterocycles. The standard InChI is InChI=1S/C15H15N3O6S2/c1-16-15(21)17-12(19)9-24-14(20)10-5-2-3-6-11(10)18-26(22,23)13-7-4-8-25-13/h2-8,18H,9H2,1H3,(H2,16,17,19,21). The molecule has 138 valence electrons. The van der Waals surface area contributed by atoms with Crippen LogP contribution >= 0.6 is 11.3 Å². The Kier molecular flexibility index (Phi) is 6.31. The second-order valence-electron chi connectivity index (χ2n) is 4.79. The summed E-state index contributed by atoms with van der Waals surface area (Å²) in [4.78, 5) is 34.6. The van der Waals surface area contributed by atoms with Gasteiger partial charge in [0.1, 0.15) is 4.21 Å². The van der Waals surface area contributed by atoms with Gasteiger partial charge in [0.05, 0.1) is 11.3 Å². The lowest BCUT2D eigenvalue weighted by atomic mass is 10.2. The zero-order valence-electron chi connectivity index (χ0n) is 13.5. The summed E-state index contributed by atoms with van der Waals surface area (Å²) in [6, 6.07) is 8.08. The minimum Gasteiger partial charge on any atom is -0.452 e. The lowest BCUT2D eigenvalue weighted by Gasteiger charge is -2.11. The summed E-state index contributed by atoms with van der Waals surface area (Å²) in [5, 5.41) is 5.72. The van der Waals surface area contributed by atoms with Crippen molar-refractivity contribution in [3.05, 3.63) is 47.3 Å². The molecule has 0 saturated heterocycles. The van der Waals surface area contributed by atoms with Crippen LogP contribution in [0.4, 0.5) is 10.5 Å². The molecule has 0 radical (unpaired) electrons. The van der Waals surface area contributed by atoms with E-state index >= 15 is 0 Å². The number of ether oxygens (including phenoxy) is 1. The number of anilines is 1. The maximum absolute atomic E-state index is 12.3. The lowest BCUT2D eigenvalue weighted by Crippen LogP contribution is -2.39. The Bertz CT molecular complexity index is 909. The first kappa shape index (κ1) is 19.4. The predicted octanol–water partition coefficient (Wildman–Crippen LogP) is 1.16. The van der Waals surface area contributed by atoms with Crippen LogP contribution in [-0.4, -0.2) is 40.0 Å². The number of urea groups is 1. The molecule has 0 aliphatic rings. The van der Waals surface area contributed by atoms with Crippen molar-refractivity contribution in [3.63, 3.8) is 0 Å². The average molecular weight is 397 g/mol. The molecule has 0 unspecified atom stereocenters. The highest BCUT2D eigenvalue weighted by atomic mass is 32.2. The number of sulfonamides is 1. The van der Waals surface area contributed by atoms with Crippen molar-refractivity contribution in [2.45, 2.75) is 4.21 Å². The number of para-hydroxylation sites is 1. The number of nitrogens with one attached hydrogen (secondary N) is 3. The molecular formula is C15H15N3O6S2. The number of esters is 1. The summed E-state index contributed by atoms with van der Waals surface area (Å²) >= 11 is 1.03. The zero-order chi connectivity index (χ0) is 19.2. The van der Waals surface area contributed by atoms with Gasteiger partial charge in [-0.3, -0.25) is 14.8 Å². The topological polar surface area (TPSA) is 131 Å². The minimum absolute atomic E-state index is 0.0117. The summed E-state index contributed by atoms with van der Waals surface area (Å²) in [5.41, 5.74) is -0.0574. The number of amides is 3. The van der Waals surface area contributed by atoms with E-state index in [-0.39, 0.29) is 15.5 Å². The van der Waals surface area contributed by atoms with Gasteiger partial charge in [-0.1, -0.05) is 18.2 Å². The van der Waals surface area contributed by atoms with Crippen LogP contribution in [0.1, 0.15) is 10.4 Å². The molecule has 2 aromatic rings. The molecule has 2 rings (SSSR count). The van der Waals surface area contributed by atoms with Crippen LogP contribution in [0.5, 0.6) is 0 Å². The molecule has 1 aromatic carbocycles. The SMILES string of the molecule is CNC(=O)NC(=O)COC(=O)c1ccccc1NS(=O)(=O)c1cccs1. The summed E-state index contributed by atoms with van der Waals surface area (Å²) in [5.74, 6) is -1.74. The van der Waals surface area contributed by atoms with Crippen LogP contribution in [0.15, 0.2) is 46.0 Å². The molecule has 0 fully saturated rings. The van der Waals surface area contributed by atoms with Crippen LogP contribution < -0.4 is 15.4 Å². The van der Waals surface area contributed by atoms with Crippen molar-refractivity contribution in [2.24, 2.45) is 0 Å². The molecule has 0 aliphatic carbocycles. The smallest absolute Gasteiger partial charge is 0.340 e. The van der Waals surface area contributed by atoms with Gasteiger partial charge in [0.25, 0.3) is 15.9 Å². The van der Waals surface area contributed by atoms with Crippen molar-refractivity contribution in [1.29, 1.82) is 0 Å². The van der Waals surface area contributed by atoms with Gasteiger partial charge in [0.2, 0.25) is 0 Å². The largest absolute Gasteiger partial charge is 0.452 e. The maximum Gasteiger partial charge on any atom is 0.340 e. The Morgan fingerprint density at radius 1 is 1.12 bits per heavy atom. The van der Waals surface area contributed by atoms with E-state index in [1.165, 1.54) is 31.3 Å². The Labute approximate surface area is 153 Å². The molecule has 0 bridgehead atoms. The summed E-state index contributed by atoms with van der Waals surface area (Å²) in [6.45, 7) is -0.696. The number of carbonyl (C=O) groups is 3. The Morgan fingerprint density at radius 3 is 2.50 bits per heavy atom. The molecule has 0 atom stereocenters. The number of rotatable bonds is 6. The molecule has 0 saturated carbocycles. The third-order valence-electron chi connectivity index (χ3n) is 2.97. The number of hydrogen-bond donors (Lipinski definition) is 3. The van der Waals surface area contributed by atoms with Crippen molar-refractivity contribution in [2.75, 3.05) is 18.4 Å². The van der Waals surface area contributed by atoms with Gasteiger partial charge in [-0.2, -0.15) is 0 Å². The summed E-state index contributed by atoms with van der Waals surface area (Å²) in [7, 11) is -2.52. The van der Waals surface area contributed by atoms with E-state index < -0.39 is 34.5 Å². The normalized spacial score (nSPS) is 10.7. The van der Waals surface area contributed by atoms with Crippen LogP contribution in [-0.2, 0) is 19.6 Å². The van der Waals surface area contributed by atoms with Gasteiger partial charge in [0.15, 0.2) is 6.61 Å². The molecule has 26 heavy (non-hydrogen) atoms. The van der Waals surface area contributed by atoms with E-state index in [1.54, 1.807) is 17.5 Å². The van der Waals surface area contributed by atoms with E-state index in [0.717, 1.165) is 11.3 Å². The van der Waals surface area contributed by atoms with Crippen LogP contribution in [0.25, 0.3) is 0 Å². The number of carbonyl (C=O) groups excluding carboxylic acids is 3. The maximum atomic E-state index is 12.3. The fourth-order valence-electron chi connectivity index (χ4n) is 1.80. The summed E-state index contributed by atoms with van der Waals surface area (Å²) in [6.07, 6.45) is 0. The highest BCUT2D eigenvalue weighted by Gasteiger charge is 2.20. The average Bonchev–Trinajstić information content (AvgIpc) is 3.15. The van der Waals surface area contributed by atoms with Gasteiger partial charge in [-0.05, 0) is 23.6 Å². The van der Waals surface area contributed by atoms with E-state index in [0.29, 0.717) is 0 Å². The van der Waals surface area contributed by atoms with Gasteiger partial charge < -0.3 is 10.1 Å². The number of thiophene rings is 1. The quantitative estimate of drug-likeness (QED) is 0.627. The highest BCUT2D eigenvalue weighted by molar-refractivity contribution is 7.94. The van der Waals surface area contributed by atoms with Gasteiger partial charge in [-0.25, -0.2) is 18.0 Å². The molecule has 9 nitrogen and oxygen atoms in total. The molecule has 0 aliphatic heterocycles. The van der Waals surface area contributed by atoms with Crippen molar-refractivity contribution in [1.82, 2.24) is 10.6 Å². The van der Waals surface area contributed by atoms with E-state index in [1.807, 2.05) is 5.32 Å². The Morgan fingerprint density at radius 2 is 1.85 bits per heavy atom. The zero-order valence-corrected chi connectivity index (χ0v) is 15.1. The first-order chi connectivity index (χ1) is 12.3. The number of benzene rings is 1. The molecule has 3 N–H and O–H groups in total. The van der Waals surface area contributed by atoms with E-state index in [2.05, 4.69) is 10.0 Å². The van der Waals surface area contributed by atoms with Crippen molar-refractivity contribution < 1.29 is 27.5 Å². The lowest BCUT2D eigenvalue weighted by molar-refractivity contribution is -0.123. The fourth-order valence-corrected chi connectivity index (χ4v) is 3.87. The highest BCUT2D eigenvalue weighted by Crippen LogP contribution is 2.23. The minimum atomic E-state index is -3.85. The third kappa shape index (κ3) is 5.04. The van der Waals surface area contributed by atoms with Gasteiger partial charge >= 0.3 is 12.0 Å². The first-order valence-electron chi connectivity index (χ1n) is 7.17. The van der Waals surface area contributed by atoms with Gasteiger partial charge in [-0.15, -0.1) is 11.3 Å². The van der Waals surface area contributed by atoms with Crippen LogP contribution in [0.3, 0.4) is 0 Å². The first-order valence-corrected chi connectivity index (χ1v) is 9.54. The predicted molar refractivity (Wildman–Crippen MR) is 94.5 cm³/mol. The Balaban J connectivity index is 2.10. The number of imide groups is 1. The molecule has 3 amide bonds. The molecule has 11 heteroatoms. The number of hydrogen-bond acceptors (Lipinski definition) is 7. The van der Waals surface area contributed by atoms with E-state index in [9.17, 15) is 22.8 Å². The Hall–Kier alpha value is -2.92. The van der Waals surface area contributed by atoms with E-state index in [4.69, 9.17) is 4.74 Å². The van der Waals surface area contributed by atoms with Crippen LogP contribution in [0.2, 0.25) is 0 Å². The summed E-state index contributed by atoms with van der Waals surface area (Å²) < 4.78 is 31.8. The second kappa shape index (κ2) is 8.45. The monoisotopic (exact) mass is 397 g/mol.